The van der Waals surface area contributed by atoms with E-state index in [0.717, 1.165) is 0 Å². The molecule has 0 heterocycles. The molecule has 0 radical (unpaired) electrons. The molecule has 0 aliphatic heterocycles. The molecule has 0 fully saturated rings. The van der Waals surface area contributed by atoms with Crippen LogP contribution in [0.25, 0.3) is 10.2 Å². The SMILES string of the molecule is CC(C)(C)[N-]P(=O)([N-]C(C)(C)C)NC(C)(C)C. The first-order valence-electron chi connectivity index (χ1n) is 6.00. The molecule has 0 aromatic rings. The average molecular weight is 261 g/mol. The Morgan fingerprint density at radius 1 is 0.765 bits per heavy atom. The van der Waals surface area contributed by atoms with Gasteiger partial charge < -0.3 is 14.7 Å². The van der Waals surface area contributed by atoms with Gasteiger partial charge in [0.15, 0.2) is 0 Å². The fourth-order valence-corrected chi connectivity index (χ4v) is 3.97. The third-order valence-electron chi connectivity index (χ3n) is 1.35. The van der Waals surface area contributed by atoms with Crippen LogP contribution in [0.4, 0.5) is 0 Å². The van der Waals surface area contributed by atoms with E-state index in [1.54, 1.807) is 0 Å². The first kappa shape index (κ1) is 17.1. The summed E-state index contributed by atoms with van der Waals surface area (Å²) in [6.45, 7) is 17.5. The van der Waals surface area contributed by atoms with Gasteiger partial charge in [-0.3, -0.25) is 5.09 Å². The second-order valence-corrected chi connectivity index (χ2v) is 9.16. The molecule has 0 atom stereocenters. The molecule has 0 saturated carbocycles. The highest BCUT2D eigenvalue weighted by Gasteiger charge is 2.17. The molecule has 1 N–H and O–H groups in total. The lowest BCUT2D eigenvalue weighted by atomic mass is 10.1. The highest BCUT2D eigenvalue weighted by atomic mass is 31.2. The summed E-state index contributed by atoms with van der Waals surface area (Å²) in [5, 5.41) is 11.8. The molecule has 17 heavy (non-hydrogen) atoms. The highest BCUT2D eigenvalue weighted by molar-refractivity contribution is 7.67. The van der Waals surface area contributed by atoms with Crippen molar-refractivity contribution in [3.05, 3.63) is 10.2 Å². The van der Waals surface area contributed by atoms with Crippen LogP contribution in [0.1, 0.15) is 62.3 Å². The summed E-state index contributed by atoms with van der Waals surface area (Å²) in [6.07, 6.45) is 0. The second kappa shape index (κ2) is 5.00. The van der Waals surface area contributed by atoms with Crippen LogP contribution >= 0.6 is 7.59 Å². The largest absolute Gasteiger partial charge is 0.603 e. The van der Waals surface area contributed by atoms with Crippen LogP contribution < -0.4 is 5.09 Å². The van der Waals surface area contributed by atoms with Gasteiger partial charge in [-0.2, -0.15) is 0 Å². The topological polar surface area (TPSA) is 57.3 Å². The number of nitrogens with zero attached hydrogens (tertiary/aromatic N) is 2. The highest BCUT2D eigenvalue weighted by Crippen LogP contribution is 2.61. The van der Waals surface area contributed by atoms with Crippen LogP contribution in [0.2, 0.25) is 0 Å². The van der Waals surface area contributed by atoms with Gasteiger partial charge in [-0.15, -0.1) is 11.1 Å². The second-order valence-electron chi connectivity index (χ2n) is 7.45. The maximum absolute atomic E-state index is 12.8. The lowest BCUT2D eigenvalue weighted by Crippen LogP contribution is -2.35. The van der Waals surface area contributed by atoms with E-state index in [9.17, 15) is 4.57 Å². The van der Waals surface area contributed by atoms with Crippen LogP contribution in [0, 0.1) is 0 Å². The van der Waals surface area contributed by atoms with Crippen LogP contribution in [-0.2, 0) is 4.57 Å². The molecular weight excluding hydrogens is 233 g/mol. The zero-order valence-electron chi connectivity index (χ0n) is 12.7. The van der Waals surface area contributed by atoms with Crippen molar-refractivity contribution in [2.45, 2.75) is 78.9 Å². The first-order chi connectivity index (χ1) is 7.12. The Kier molecular flexibility index (Phi) is 5.04. The minimum Gasteiger partial charge on any atom is -0.603 e. The lowest BCUT2D eigenvalue weighted by Gasteiger charge is -2.58. The smallest absolute Gasteiger partial charge is 0.0131 e. The van der Waals surface area contributed by atoms with Crippen molar-refractivity contribution in [3.8, 4) is 0 Å². The predicted octanol–water partition coefficient (Wildman–Crippen LogP) is 4.83. The minimum absolute atomic E-state index is 0.279. The van der Waals surface area contributed by atoms with Gasteiger partial charge in [0.25, 0.3) is 0 Å². The molecule has 0 aliphatic carbocycles. The Balaban J connectivity index is 5.03. The monoisotopic (exact) mass is 261 g/mol. The van der Waals surface area contributed by atoms with Crippen LogP contribution in [0.3, 0.4) is 0 Å². The normalized spacial score (nSPS) is 15.1. The standard InChI is InChI=1S/C12H28N3OP/c1-10(2,3)13-17(16,14-11(4,5)6)15-12(7,8)9/h1-9H3,(H-2,13,14,15,16)/q-2. The van der Waals surface area contributed by atoms with E-state index >= 15 is 0 Å². The number of hydrogen-bond donors (Lipinski definition) is 1. The molecule has 0 bridgehead atoms. The van der Waals surface area contributed by atoms with Gasteiger partial charge in [0.05, 0.1) is 0 Å². The lowest BCUT2D eigenvalue weighted by molar-refractivity contribution is 0.487. The van der Waals surface area contributed by atoms with Crippen molar-refractivity contribution in [2.24, 2.45) is 0 Å². The van der Waals surface area contributed by atoms with E-state index < -0.39 is 7.59 Å². The third-order valence-corrected chi connectivity index (χ3v) is 4.06. The molecule has 0 spiro atoms. The Labute approximate surface area is 107 Å². The summed E-state index contributed by atoms with van der Waals surface area (Å²) in [5.41, 5.74) is -1.02. The predicted molar refractivity (Wildman–Crippen MR) is 76.7 cm³/mol. The van der Waals surface area contributed by atoms with Crippen molar-refractivity contribution in [3.63, 3.8) is 0 Å². The Bertz CT molecular complexity index is 247. The van der Waals surface area contributed by atoms with Crippen molar-refractivity contribution in [1.29, 1.82) is 0 Å². The zero-order valence-corrected chi connectivity index (χ0v) is 13.6. The average Bonchev–Trinajstić information content (AvgIpc) is 1.65. The van der Waals surface area contributed by atoms with Gasteiger partial charge in [0.2, 0.25) is 0 Å². The van der Waals surface area contributed by atoms with Gasteiger partial charge in [0.1, 0.15) is 0 Å². The third kappa shape index (κ3) is 9.78. The molecule has 0 aliphatic rings. The number of nitrogens with one attached hydrogen (secondary N) is 1. The van der Waals surface area contributed by atoms with Crippen LogP contribution in [-0.4, -0.2) is 16.6 Å². The van der Waals surface area contributed by atoms with E-state index in [2.05, 4.69) is 15.3 Å². The summed E-state index contributed by atoms with van der Waals surface area (Å²) in [6, 6.07) is 0. The number of rotatable bonds is 3. The van der Waals surface area contributed by atoms with Crippen LogP contribution in [0.15, 0.2) is 0 Å². The minimum atomic E-state index is -3.08. The fraction of sp³-hybridized carbons (Fsp3) is 1.00. The van der Waals surface area contributed by atoms with E-state index in [1.807, 2.05) is 62.3 Å². The van der Waals surface area contributed by atoms with Gasteiger partial charge in [-0.1, -0.05) is 41.5 Å². The Morgan fingerprint density at radius 2 is 1.06 bits per heavy atom. The molecule has 0 aromatic carbocycles. The van der Waals surface area contributed by atoms with Gasteiger partial charge in [-0.25, -0.2) is 0 Å². The fourth-order valence-electron chi connectivity index (χ4n) is 1.32. The summed E-state index contributed by atoms with van der Waals surface area (Å²) in [5.74, 6) is 0. The molecule has 0 saturated heterocycles. The van der Waals surface area contributed by atoms with E-state index in [4.69, 9.17) is 0 Å². The summed E-state index contributed by atoms with van der Waals surface area (Å²) in [7, 11) is -3.08. The molecule has 104 valence electrons. The first-order valence-corrected chi connectivity index (χ1v) is 7.62. The van der Waals surface area contributed by atoms with Crippen molar-refractivity contribution < 1.29 is 4.57 Å². The van der Waals surface area contributed by atoms with Crippen LogP contribution in [0.5, 0.6) is 0 Å². The summed E-state index contributed by atoms with van der Waals surface area (Å²) in [4.78, 5) is 0. The Morgan fingerprint density at radius 3 is 1.24 bits per heavy atom. The van der Waals surface area contributed by atoms with E-state index in [0.29, 0.717) is 0 Å². The van der Waals surface area contributed by atoms with Gasteiger partial charge in [-0.05, 0) is 28.4 Å². The summed E-state index contributed by atoms with van der Waals surface area (Å²) < 4.78 is 12.8. The molecule has 0 amide bonds. The molecular formula is C12H28N3OP-2. The maximum atomic E-state index is 12.8. The van der Waals surface area contributed by atoms with Crippen molar-refractivity contribution in [1.82, 2.24) is 5.09 Å². The molecule has 0 aromatic heterocycles. The van der Waals surface area contributed by atoms with Gasteiger partial charge >= 0.3 is 0 Å². The van der Waals surface area contributed by atoms with E-state index in [1.165, 1.54) is 0 Å². The van der Waals surface area contributed by atoms with E-state index in [-0.39, 0.29) is 16.6 Å². The molecule has 0 rings (SSSR count). The Hall–Kier alpha value is 0.110. The summed E-state index contributed by atoms with van der Waals surface area (Å²) >= 11 is 0. The molecule has 4 nitrogen and oxygen atoms in total. The quantitative estimate of drug-likeness (QED) is 0.740. The molecule has 5 heteroatoms. The number of hydrogen-bond acceptors (Lipinski definition) is 1. The van der Waals surface area contributed by atoms with Crippen molar-refractivity contribution >= 4 is 7.59 Å². The zero-order chi connectivity index (χ0) is 14.1. The van der Waals surface area contributed by atoms with Gasteiger partial charge in [0, 0.05) is 5.54 Å². The maximum Gasteiger partial charge on any atom is 0.0131 e. The van der Waals surface area contributed by atoms with Crippen molar-refractivity contribution in [2.75, 3.05) is 0 Å². The molecule has 0 unspecified atom stereocenters.